The van der Waals surface area contributed by atoms with Crippen LogP contribution in [0.4, 0.5) is 0 Å². The molecule has 0 bridgehead atoms. The number of ether oxygens (including phenoxy) is 1. The van der Waals surface area contributed by atoms with E-state index in [1.165, 1.54) is 16.7 Å². The largest absolute Gasteiger partial charge is 0.512 e. The van der Waals surface area contributed by atoms with Gasteiger partial charge < -0.3 is 9.84 Å². The first-order valence-corrected chi connectivity index (χ1v) is 12.3. The molecule has 3 nitrogen and oxygen atoms in total. The Morgan fingerprint density at radius 3 is 2.09 bits per heavy atom. The van der Waals surface area contributed by atoms with E-state index in [4.69, 9.17) is 4.74 Å². The number of ketones is 1. The molecular formula is C29H36O3. The van der Waals surface area contributed by atoms with Crippen molar-refractivity contribution in [3.8, 4) is 11.1 Å². The third-order valence-corrected chi connectivity index (χ3v) is 7.23. The molecule has 2 aromatic rings. The van der Waals surface area contributed by atoms with Gasteiger partial charge in [0.2, 0.25) is 0 Å². The van der Waals surface area contributed by atoms with Crippen LogP contribution in [0, 0.1) is 18.8 Å². The smallest absolute Gasteiger partial charge is 0.167 e. The summed E-state index contributed by atoms with van der Waals surface area (Å²) in [6.45, 7) is 8.02. The number of aryl methyl sites for hydroxylation is 3. The van der Waals surface area contributed by atoms with Crippen molar-refractivity contribution in [1.29, 1.82) is 0 Å². The van der Waals surface area contributed by atoms with Gasteiger partial charge in [0, 0.05) is 26.1 Å². The summed E-state index contributed by atoms with van der Waals surface area (Å²) in [5, 5.41) is 11.1. The molecule has 0 amide bonds. The SMILES string of the molecule is CCc1cc(-c2ccc(C)cc2)cc(CC)c1C1=C(O)CC(CC2CCOCC2)CC1=O. The van der Waals surface area contributed by atoms with Crippen LogP contribution >= 0.6 is 0 Å². The Kier molecular flexibility index (Phi) is 7.15. The lowest BCUT2D eigenvalue weighted by Crippen LogP contribution is -2.24. The fourth-order valence-corrected chi connectivity index (χ4v) is 5.44. The number of rotatable bonds is 6. The fraction of sp³-hybridized carbons (Fsp3) is 0.483. The molecule has 2 aliphatic rings. The monoisotopic (exact) mass is 432 g/mol. The zero-order chi connectivity index (χ0) is 22.7. The molecule has 1 fully saturated rings. The van der Waals surface area contributed by atoms with Crippen LogP contribution in [-0.4, -0.2) is 24.1 Å². The topological polar surface area (TPSA) is 46.5 Å². The minimum atomic E-state index is 0.110. The molecule has 0 radical (unpaired) electrons. The van der Waals surface area contributed by atoms with Crippen molar-refractivity contribution >= 4 is 11.4 Å². The highest BCUT2D eigenvalue weighted by Gasteiger charge is 2.32. The minimum absolute atomic E-state index is 0.110. The van der Waals surface area contributed by atoms with Gasteiger partial charge in [-0.15, -0.1) is 0 Å². The number of Topliss-reactive ketones (excluding diaryl/α,β-unsaturated/α-hetero) is 1. The highest BCUT2D eigenvalue weighted by molar-refractivity contribution is 6.22. The van der Waals surface area contributed by atoms with E-state index < -0.39 is 0 Å². The summed E-state index contributed by atoms with van der Waals surface area (Å²) in [6.07, 6.45) is 5.98. The summed E-state index contributed by atoms with van der Waals surface area (Å²) in [5.74, 6) is 1.27. The molecule has 1 heterocycles. The molecule has 1 aliphatic carbocycles. The van der Waals surface area contributed by atoms with E-state index >= 15 is 0 Å². The van der Waals surface area contributed by atoms with E-state index in [1.54, 1.807) is 0 Å². The van der Waals surface area contributed by atoms with Gasteiger partial charge in [0.1, 0.15) is 5.76 Å². The summed E-state index contributed by atoms with van der Waals surface area (Å²) < 4.78 is 5.48. The second-order valence-electron chi connectivity index (χ2n) is 9.55. The second kappa shape index (κ2) is 10.0. The molecule has 1 unspecified atom stereocenters. The minimum Gasteiger partial charge on any atom is -0.512 e. The normalized spacial score (nSPS) is 20.1. The van der Waals surface area contributed by atoms with Gasteiger partial charge in [0.15, 0.2) is 5.78 Å². The summed E-state index contributed by atoms with van der Waals surface area (Å²) >= 11 is 0. The van der Waals surface area contributed by atoms with Gasteiger partial charge in [-0.05, 0) is 78.7 Å². The van der Waals surface area contributed by atoms with E-state index in [0.717, 1.165) is 62.0 Å². The van der Waals surface area contributed by atoms with Crippen molar-refractivity contribution in [2.75, 3.05) is 13.2 Å². The molecule has 0 saturated carbocycles. The van der Waals surface area contributed by atoms with E-state index in [9.17, 15) is 9.90 Å². The van der Waals surface area contributed by atoms with Gasteiger partial charge in [-0.3, -0.25) is 4.79 Å². The molecule has 32 heavy (non-hydrogen) atoms. The van der Waals surface area contributed by atoms with Crippen molar-refractivity contribution in [3.05, 3.63) is 64.4 Å². The number of benzene rings is 2. The number of hydrogen-bond donors (Lipinski definition) is 1. The van der Waals surface area contributed by atoms with Crippen molar-refractivity contribution in [1.82, 2.24) is 0 Å². The molecule has 170 valence electrons. The molecule has 0 spiro atoms. The Morgan fingerprint density at radius 2 is 1.53 bits per heavy atom. The van der Waals surface area contributed by atoms with Gasteiger partial charge >= 0.3 is 0 Å². The maximum absolute atomic E-state index is 13.3. The molecule has 3 heteroatoms. The van der Waals surface area contributed by atoms with Crippen LogP contribution in [0.5, 0.6) is 0 Å². The Morgan fingerprint density at radius 1 is 0.906 bits per heavy atom. The van der Waals surface area contributed by atoms with Gasteiger partial charge in [-0.1, -0.05) is 55.8 Å². The van der Waals surface area contributed by atoms with Crippen molar-refractivity contribution < 1.29 is 14.6 Å². The van der Waals surface area contributed by atoms with Crippen LogP contribution in [0.15, 0.2) is 42.2 Å². The summed E-state index contributed by atoms with van der Waals surface area (Å²) in [7, 11) is 0. The Bertz CT molecular complexity index is 969. The maximum Gasteiger partial charge on any atom is 0.167 e. The van der Waals surface area contributed by atoms with Crippen LogP contribution in [-0.2, 0) is 22.4 Å². The number of allylic oxidation sites excluding steroid dienone is 2. The Labute approximate surface area is 192 Å². The molecule has 1 N–H and O–H groups in total. The Hall–Kier alpha value is -2.39. The molecule has 1 aliphatic heterocycles. The third-order valence-electron chi connectivity index (χ3n) is 7.23. The highest BCUT2D eigenvalue weighted by Crippen LogP contribution is 2.40. The van der Waals surface area contributed by atoms with Crippen molar-refractivity contribution in [2.24, 2.45) is 11.8 Å². The summed E-state index contributed by atoms with van der Waals surface area (Å²) in [5.41, 5.74) is 7.49. The number of aliphatic hydroxyl groups excluding tert-OH is 1. The van der Waals surface area contributed by atoms with E-state index in [1.807, 2.05) is 0 Å². The van der Waals surface area contributed by atoms with Crippen LogP contribution in [0.1, 0.15) is 68.2 Å². The lowest BCUT2D eigenvalue weighted by atomic mass is 9.76. The van der Waals surface area contributed by atoms with Crippen molar-refractivity contribution in [2.45, 2.75) is 65.7 Å². The molecule has 2 aromatic carbocycles. The van der Waals surface area contributed by atoms with Gasteiger partial charge in [0.05, 0.1) is 5.57 Å². The van der Waals surface area contributed by atoms with Crippen LogP contribution in [0.3, 0.4) is 0 Å². The van der Waals surface area contributed by atoms with Crippen LogP contribution < -0.4 is 0 Å². The number of carbonyl (C=O) groups excluding carboxylic acids is 1. The first kappa shape index (κ1) is 22.8. The van der Waals surface area contributed by atoms with E-state index in [-0.39, 0.29) is 11.7 Å². The second-order valence-corrected chi connectivity index (χ2v) is 9.55. The zero-order valence-corrected chi connectivity index (χ0v) is 19.7. The van der Waals surface area contributed by atoms with Gasteiger partial charge in [-0.2, -0.15) is 0 Å². The average molecular weight is 433 g/mol. The van der Waals surface area contributed by atoms with Crippen LogP contribution in [0.25, 0.3) is 16.7 Å². The number of aliphatic hydroxyl groups is 1. The van der Waals surface area contributed by atoms with E-state index in [0.29, 0.717) is 30.1 Å². The average Bonchev–Trinajstić information content (AvgIpc) is 2.79. The van der Waals surface area contributed by atoms with Crippen molar-refractivity contribution in [3.63, 3.8) is 0 Å². The lowest BCUT2D eigenvalue weighted by molar-refractivity contribution is -0.115. The summed E-state index contributed by atoms with van der Waals surface area (Å²) in [4.78, 5) is 13.3. The van der Waals surface area contributed by atoms with Crippen LogP contribution in [0.2, 0.25) is 0 Å². The number of carbonyl (C=O) groups is 1. The van der Waals surface area contributed by atoms with Gasteiger partial charge in [-0.25, -0.2) is 0 Å². The molecule has 1 saturated heterocycles. The lowest BCUT2D eigenvalue weighted by Gasteiger charge is -2.30. The first-order chi connectivity index (χ1) is 15.5. The third kappa shape index (κ3) is 4.83. The fourth-order valence-electron chi connectivity index (χ4n) is 5.44. The van der Waals surface area contributed by atoms with Gasteiger partial charge in [0.25, 0.3) is 0 Å². The molecular weight excluding hydrogens is 396 g/mol. The molecule has 4 rings (SSSR count). The zero-order valence-electron chi connectivity index (χ0n) is 19.7. The first-order valence-electron chi connectivity index (χ1n) is 12.3. The quantitative estimate of drug-likeness (QED) is 0.543. The van der Waals surface area contributed by atoms with E-state index in [2.05, 4.69) is 57.2 Å². The predicted molar refractivity (Wildman–Crippen MR) is 131 cm³/mol. The standard InChI is InChI=1S/C29H36O3/c1-4-22-17-25(24-8-6-19(3)7-9-24)18-23(5-2)28(22)29-26(30)15-21(16-27(29)31)14-20-10-12-32-13-11-20/h6-9,17-18,20-21,30H,4-5,10-16H2,1-3H3. The summed E-state index contributed by atoms with van der Waals surface area (Å²) in [6, 6.07) is 13.0. The predicted octanol–water partition coefficient (Wildman–Crippen LogP) is 6.85. The number of hydrogen-bond acceptors (Lipinski definition) is 3. The highest BCUT2D eigenvalue weighted by atomic mass is 16.5. The maximum atomic E-state index is 13.3. The molecule has 0 aromatic heterocycles. The molecule has 1 atom stereocenters. The Balaban J connectivity index is 1.67.